The molecule has 0 bridgehead atoms. The Hall–Kier alpha value is -0.850. The van der Waals surface area contributed by atoms with Crippen molar-refractivity contribution in [1.82, 2.24) is 0 Å². The summed E-state index contributed by atoms with van der Waals surface area (Å²) in [6.45, 7) is 3.12. The monoisotopic (exact) mass is 230 g/mol. The number of rotatable bonds is 3. The Balaban J connectivity index is 3.37. The molecule has 0 unspecified atom stereocenters. The van der Waals surface area contributed by atoms with Gasteiger partial charge in [0.05, 0.1) is 21.1 Å². The van der Waals surface area contributed by atoms with Gasteiger partial charge in [-0.1, -0.05) is 22.7 Å². The molecule has 0 aromatic carbocycles. The molecule has 0 aliphatic rings. The molecular formula is C8H10N2O2S2. The number of aliphatic hydroxyl groups is 1. The van der Waals surface area contributed by atoms with Gasteiger partial charge in [0.1, 0.15) is 0 Å². The fourth-order valence-corrected chi connectivity index (χ4v) is 3.14. The highest BCUT2D eigenvalue weighted by Crippen LogP contribution is 2.29. The molecular weight excluding hydrogens is 220 g/mol. The van der Waals surface area contributed by atoms with Crippen LogP contribution >= 0.6 is 22.7 Å². The lowest BCUT2D eigenvalue weighted by molar-refractivity contribution is 0.0826. The second-order valence-electron chi connectivity index (χ2n) is 3.23. The topological polar surface area (TPSA) is 85.0 Å². The van der Waals surface area contributed by atoms with Crippen LogP contribution in [0.4, 0.5) is 0 Å². The lowest BCUT2D eigenvalue weighted by atomic mass is 10.1. The first-order chi connectivity index (χ1) is 6.36. The average molecular weight is 230 g/mol. The van der Waals surface area contributed by atoms with Crippen LogP contribution in [-0.4, -0.2) is 17.0 Å². The van der Waals surface area contributed by atoms with E-state index in [0.29, 0.717) is 9.75 Å². The van der Waals surface area contributed by atoms with Gasteiger partial charge >= 0.3 is 0 Å². The molecule has 0 spiro atoms. The molecule has 1 rings (SSSR count). The second-order valence-corrected chi connectivity index (χ2v) is 5.45. The van der Waals surface area contributed by atoms with Gasteiger partial charge in [0.25, 0.3) is 4.06 Å². The summed E-state index contributed by atoms with van der Waals surface area (Å²) in [6.07, 6.45) is 0.868. The van der Waals surface area contributed by atoms with Gasteiger partial charge in [0.15, 0.2) is 0 Å². The van der Waals surface area contributed by atoms with E-state index in [1.165, 1.54) is 0 Å². The predicted octanol–water partition coefficient (Wildman–Crippen LogP) is 1.41. The summed E-state index contributed by atoms with van der Waals surface area (Å²) in [5.74, 6) is 0. The maximum atomic E-state index is 11.1. The number of hydrogen-bond acceptors (Lipinski definition) is 6. The summed E-state index contributed by atoms with van der Waals surface area (Å²) in [4.78, 5) is 12.0. The van der Waals surface area contributed by atoms with Crippen molar-refractivity contribution in [2.45, 2.75) is 19.4 Å². The Morgan fingerprint density at radius 1 is 1.50 bits per heavy atom. The zero-order valence-electron chi connectivity index (χ0n) is 7.75. The van der Waals surface area contributed by atoms with Gasteiger partial charge in [-0.2, -0.15) is 0 Å². The van der Waals surface area contributed by atoms with Crippen molar-refractivity contribution >= 4 is 34.6 Å². The summed E-state index contributed by atoms with van der Waals surface area (Å²) in [5.41, 5.74) is -1.17. The van der Waals surface area contributed by atoms with Gasteiger partial charge in [-0.05, 0) is 13.8 Å². The highest BCUT2D eigenvalue weighted by Gasteiger charge is 2.25. The third-order valence-corrected chi connectivity index (χ3v) is 4.02. The van der Waals surface area contributed by atoms with Crippen LogP contribution < -0.4 is 4.06 Å². The zero-order chi connectivity index (χ0) is 10.9. The molecule has 1 aromatic rings. The fraction of sp³-hybridized carbons (Fsp3) is 0.375. The van der Waals surface area contributed by atoms with E-state index >= 15 is 0 Å². The molecule has 14 heavy (non-hydrogen) atoms. The van der Waals surface area contributed by atoms with E-state index in [9.17, 15) is 9.90 Å². The molecule has 76 valence electrons. The highest BCUT2D eigenvalue weighted by molar-refractivity contribution is 7.29. The normalized spacial score (nSPS) is 11.4. The third kappa shape index (κ3) is 2.14. The largest absolute Gasteiger partial charge is 0.385 e. The smallest absolute Gasteiger partial charge is 0.288 e. The maximum absolute atomic E-state index is 11.1. The fourth-order valence-electron chi connectivity index (χ4n) is 0.926. The average Bonchev–Trinajstić information content (AvgIpc) is 2.45. The molecule has 0 saturated carbocycles. The van der Waals surface area contributed by atoms with Crippen molar-refractivity contribution < 1.29 is 5.11 Å². The predicted molar refractivity (Wildman–Crippen MR) is 59.3 cm³/mol. The lowest BCUT2D eigenvalue weighted by Gasteiger charge is -2.15. The van der Waals surface area contributed by atoms with Crippen LogP contribution in [0, 0.1) is 10.8 Å². The van der Waals surface area contributed by atoms with Gasteiger partial charge in [0, 0.05) is 6.21 Å². The van der Waals surface area contributed by atoms with Gasteiger partial charge in [0.2, 0.25) is 0 Å². The maximum Gasteiger partial charge on any atom is 0.288 e. The van der Waals surface area contributed by atoms with Crippen LogP contribution in [0.5, 0.6) is 0 Å². The van der Waals surface area contributed by atoms with Gasteiger partial charge < -0.3 is 10.5 Å². The van der Waals surface area contributed by atoms with Gasteiger partial charge in [-0.15, -0.1) is 0 Å². The number of hydrogen-bond donors (Lipinski definition) is 3. The molecule has 0 aliphatic carbocycles. The second kappa shape index (κ2) is 3.72. The standard InChI is InChI=1S/C8H10N2O2S2/c1-8(2,12)6-5(4(10)3-9)13-7(11)14-6/h3,9-10,12H,1-2H3. The van der Waals surface area contributed by atoms with E-state index in [1.54, 1.807) is 13.8 Å². The van der Waals surface area contributed by atoms with Crippen molar-refractivity contribution in [3.63, 3.8) is 0 Å². The molecule has 0 radical (unpaired) electrons. The quantitative estimate of drug-likeness (QED) is 0.686. The summed E-state index contributed by atoms with van der Waals surface area (Å²) < 4.78 is -0.163. The molecule has 0 saturated heterocycles. The molecule has 1 heterocycles. The Kier molecular flexibility index (Phi) is 2.98. The molecule has 1 aromatic heterocycles. The third-order valence-electron chi connectivity index (χ3n) is 1.52. The van der Waals surface area contributed by atoms with E-state index < -0.39 is 5.60 Å². The first kappa shape index (κ1) is 11.2. The van der Waals surface area contributed by atoms with Crippen LogP contribution in [0.25, 0.3) is 0 Å². The molecule has 3 N–H and O–H groups in total. The highest BCUT2D eigenvalue weighted by atomic mass is 32.2. The van der Waals surface area contributed by atoms with Crippen LogP contribution in [0.1, 0.15) is 23.6 Å². The minimum absolute atomic E-state index is 0.0366. The van der Waals surface area contributed by atoms with Crippen molar-refractivity contribution in [2.75, 3.05) is 0 Å². The van der Waals surface area contributed by atoms with Crippen LogP contribution in [-0.2, 0) is 5.60 Å². The Bertz CT molecular complexity index is 425. The Morgan fingerprint density at radius 3 is 2.50 bits per heavy atom. The SMILES string of the molecule is CC(C)(O)c1sc(=O)sc1C(=N)C=N. The minimum atomic E-state index is -1.13. The summed E-state index contributed by atoms with van der Waals surface area (Å²) in [5, 5.41) is 24.1. The van der Waals surface area contributed by atoms with Crippen LogP contribution in [0.3, 0.4) is 0 Å². The molecule has 4 nitrogen and oxygen atoms in total. The van der Waals surface area contributed by atoms with E-state index in [2.05, 4.69) is 0 Å². The van der Waals surface area contributed by atoms with E-state index in [4.69, 9.17) is 10.8 Å². The minimum Gasteiger partial charge on any atom is -0.385 e. The lowest BCUT2D eigenvalue weighted by Crippen LogP contribution is -2.17. The van der Waals surface area contributed by atoms with Crippen molar-refractivity contribution in [2.24, 2.45) is 0 Å². The summed E-state index contributed by atoms with van der Waals surface area (Å²) >= 11 is 1.83. The Labute approximate surface area is 88.9 Å². The molecule has 0 atom stereocenters. The summed E-state index contributed by atoms with van der Waals surface area (Å²) in [7, 11) is 0. The van der Waals surface area contributed by atoms with E-state index in [-0.39, 0.29) is 9.77 Å². The molecule has 6 heteroatoms. The van der Waals surface area contributed by atoms with E-state index in [0.717, 1.165) is 28.9 Å². The summed E-state index contributed by atoms with van der Waals surface area (Å²) in [6, 6.07) is 0. The first-order valence-corrected chi connectivity index (χ1v) is 5.45. The zero-order valence-corrected chi connectivity index (χ0v) is 9.38. The first-order valence-electron chi connectivity index (χ1n) is 3.82. The molecule has 0 fully saturated rings. The van der Waals surface area contributed by atoms with Crippen LogP contribution in [0.15, 0.2) is 4.79 Å². The van der Waals surface area contributed by atoms with Crippen molar-refractivity contribution in [3.05, 3.63) is 18.6 Å². The molecule has 0 amide bonds. The van der Waals surface area contributed by atoms with Gasteiger partial charge in [-0.3, -0.25) is 10.2 Å². The van der Waals surface area contributed by atoms with Gasteiger partial charge in [-0.25, -0.2) is 0 Å². The molecule has 0 aliphatic heterocycles. The van der Waals surface area contributed by atoms with Crippen molar-refractivity contribution in [3.8, 4) is 0 Å². The Morgan fingerprint density at radius 2 is 2.07 bits per heavy atom. The number of nitrogens with one attached hydrogen (secondary N) is 2. The van der Waals surface area contributed by atoms with Crippen molar-refractivity contribution in [1.29, 1.82) is 10.8 Å². The van der Waals surface area contributed by atoms with Crippen LogP contribution in [0.2, 0.25) is 0 Å². The van der Waals surface area contributed by atoms with E-state index in [1.807, 2.05) is 0 Å².